The number of hydrogen-bond donors (Lipinski definition) is 0. The molecule has 2 bridgehead atoms. The highest BCUT2D eigenvalue weighted by atomic mass is 16.5. The fourth-order valence-corrected chi connectivity index (χ4v) is 5.24. The van der Waals surface area contributed by atoms with Crippen molar-refractivity contribution in [2.24, 2.45) is 11.8 Å². The van der Waals surface area contributed by atoms with E-state index in [-0.39, 0.29) is 24.0 Å². The van der Waals surface area contributed by atoms with Crippen LogP contribution >= 0.6 is 0 Å². The molecule has 0 aliphatic carbocycles. The van der Waals surface area contributed by atoms with Crippen molar-refractivity contribution in [2.45, 2.75) is 45.7 Å². The van der Waals surface area contributed by atoms with E-state index >= 15 is 0 Å². The molecule has 4 heterocycles. The number of benzene rings is 1. The Kier molecular flexibility index (Phi) is 5.53. The summed E-state index contributed by atoms with van der Waals surface area (Å²) in [5.74, 6) is 1.97. The maximum atomic E-state index is 13.0. The van der Waals surface area contributed by atoms with Crippen molar-refractivity contribution < 1.29 is 9.53 Å². The highest BCUT2D eigenvalue weighted by Gasteiger charge is 2.36. The summed E-state index contributed by atoms with van der Waals surface area (Å²) in [6.45, 7) is 7.52. The van der Waals surface area contributed by atoms with Crippen molar-refractivity contribution in [1.29, 1.82) is 0 Å². The third-order valence-electron chi connectivity index (χ3n) is 6.90. The number of pyridine rings is 1. The summed E-state index contributed by atoms with van der Waals surface area (Å²) in [5.41, 5.74) is 2.26. The summed E-state index contributed by atoms with van der Waals surface area (Å²) < 4.78 is 10.2. The number of aryl methyl sites for hydroxylation is 1. The first-order chi connectivity index (χ1) is 15.5. The zero-order chi connectivity index (χ0) is 22.2. The number of fused-ring (bicyclic) bond motifs is 5. The topological polar surface area (TPSA) is 56.5 Å². The number of carbonyl (C=O) groups excluding carboxylic acids is 1. The Labute approximate surface area is 188 Å². The lowest BCUT2D eigenvalue weighted by molar-refractivity contribution is -0.136. The molecule has 3 aromatic rings. The van der Waals surface area contributed by atoms with Crippen LogP contribution in [0.25, 0.3) is 10.9 Å². The van der Waals surface area contributed by atoms with Gasteiger partial charge < -0.3 is 18.8 Å². The van der Waals surface area contributed by atoms with Crippen LogP contribution in [-0.4, -0.2) is 39.6 Å². The molecule has 1 saturated heterocycles. The zero-order valence-corrected chi connectivity index (χ0v) is 18.9. The standard InChI is InChI=1S/C26H31N3O3/c1-18(2)9-11-27-12-10-21-23(27)6-3-7-24(21)32-17-26(31)28-14-19-13-20(16-28)22-5-4-8-25(30)29(22)15-19/h3-8,10,12,18-20H,9,11,13-17H2,1-2H3. The van der Waals surface area contributed by atoms with Gasteiger partial charge in [0, 0.05) is 55.4 Å². The van der Waals surface area contributed by atoms with Gasteiger partial charge in [-0.2, -0.15) is 0 Å². The molecule has 0 radical (unpaired) electrons. The molecule has 32 heavy (non-hydrogen) atoms. The fraction of sp³-hybridized carbons (Fsp3) is 0.462. The van der Waals surface area contributed by atoms with Gasteiger partial charge in [-0.1, -0.05) is 26.0 Å². The van der Waals surface area contributed by atoms with E-state index in [9.17, 15) is 9.59 Å². The fourth-order valence-electron chi connectivity index (χ4n) is 5.24. The molecule has 2 aliphatic rings. The van der Waals surface area contributed by atoms with Crippen molar-refractivity contribution in [1.82, 2.24) is 14.0 Å². The Morgan fingerprint density at radius 3 is 2.78 bits per heavy atom. The van der Waals surface area contributed by atoms with Gasteiger partial charge in [0.1, 0.15) is 5.75 Å². The summed E-state index contributed by atoms with van der Waals surface area (Å²) in [6, 6.07) is 13.6. The average molecular weight is 434 g/mol. The molecule has 2 unspecified atom stereocenters. The highest BCUT2D eigenvalue weighted by molar-refractivity contribution is 5.87. The van der Waals surface area contributed by atoms with Gasteiger partial charge in [-0.05, 0) is 48.9 Å². The Bertz CT molecular complexity index is 1190. The number of piperidine rings is 1. The quantitative estimate of drug-likeness (QED) is 0.593. The number of aromatic nitrogens is 2. The predicted molar refractivity (Wildman–Crippen MR) is 125 cm³/mol. The molecule has 168 valence electrons. The molecule has 1 fully saturated rings. The second kappa shape index (κ2) is 8.49. The second-order valence-electron chi connectivity index (χ2n) is 9.67. The van der Waals surface area contributed by atoms with Crippen LogP contribution in [0.3, 0.4) is 0 Å². The molecule has 2 atom stereocenters. The van der Waals surface area contributed by atoms with Crippen LogP contribution in [0.4, 0.5) is 0 Å². The number of ether oxygens (including phenoxy) is 1. The van der Waals surface area contributed by atoms with E-state index in [1.807, 2.05) is 33.7 Å². The van der Waals surface area contributed by atoms with Gasteiger partial charge in [-0.3, -0.25) is 9.59 Å². The van der Waals surface area contributed by atoms with Crippen LogP contribution in [0, 0.1) is 11.8 Å². The SMILES string of the molecule is CC(C)CCn1ccc2c(OCC(=O)N3CC4CC(C3)c3cccc(=O)n3C4)cccc21. The molecule has 0 spiro atoms. The Morgan fingerprint density at radius 1 is 1.09 bits per heavy atom. The summed E-state index contributed by atoms with van der Waals surface area (Å²) >= 11 is 0. The van der Waals surface area contributed by atoms with Crippen LogP contribution < -0.4 is 10.3 Å². The van der Waals surface area contributed by atoms with Crippen LogP contribution in [0.1, 0.15) is 38.3 Å². The maximum Gasteiger partial charge on any atom is 0.260 e. The van der Waals surface area contributed by atoms with Gasteiger partial charge in [0.25, 0.3) is 11.5 Å². The van der Waals surface area contributed by atoms with Gasteiger partial charge in [0.2, 0.25) is 0 Å². The van der Waals surface area contributed by atoms with Gasteiger partial charge in [0.05, 0.1) is 5.52 Å². The molecule has 0 N–H and O–H groups in total. The lowest BCUT2D eigenvalue weighted by atomic mass is 9.83. The van der Waals surface area contributed by atoms with Crippen LogP contribution in [-0.2, 0) is 17.9 Å². The van der Waals surface area contributed by atoms with Crippen molar-refractivity contribution >= 4 is 16.8 Å². The molecule has 1 amide bonds. The van der Waals surface area contributed by atoms with E-state index in [1.54, 1.807) is 6.07 Å². The van der Waals surface area contributed by atoms with E-state index < -0.39 is 0 Å². The third kappa shape index (κ3) is 3.94. The first kappa shape index (κ1) is 20.9. The summed E-state index contributed by atoms with van der Waals surface area (Å²) in [4.78, 5) is 27.2. The molecular weight excluding hydrogens is 402 g/mol. The van der Waals surface area contributed by atoms with Crippen LogP contribution in [0.15, 0.2) is 53.5 Å². The van der Waals surface area contributed by atoms with E-state index in [4.69, 9.17) is 4.74 Å². The minimum atomic E-state index is 0.0164. The first-order valence-corrected chi connectivity index (χ1v) is 11.7. The molecule has 2 aromatic heterocycles. The van der Waals surface area contributed by atoms with Gasteiger partial charge in [-0.25, -0.2) is 0 Å². The number of carbonyl (C=O) groups is 1. The molecule has 1 aromatic carbocycles. The monoisotopic (exact) mass is 433 g/mol. The Balaban J connectivity index is 1.27. The lowest BCUT2D eigenvalue weighted by Crippen LogP contribution is -2.50. The smallest absolute Gasteiger partial charge is 0.260 e. The molecule has 2 aliphatic heterocycles. The summed E-state index contributed by atoms with van der Waals surface area (Å²) in [7, 11) is 0. The molecule has 6 nitrogen and oxygen atoms in total. The zero-order valence-electron chi connectivity index (χ0n) is 18.9. The Hall–Kier alpha value is -3.02. The third-order valence-corrected chi connectivity index (χ3v) is 6.90. The normalized spacial score (nSPS) is 19.9. The van der Waals surface area contributed by atoms with Crippen molar-refractivity contribution in [3.8, 4) is 5.75 Å². The molecule has 5 rings (SSSR count). The lowest BCUT2D eigenvalue weighted by Gasteiger charge is -2.42. The number of hydrogen-bond acceptors (Lipinski definition) is 3. The summed E-state index contributed by atoms with van der Waals surface area (Å²) in [5, 5.41) is 1.05. The maximum absolute atomic E-state index is 13.0. The largest absolute Gasteiger partial charge is 0.483 e. The van der Waals surface area contributed by atoms with Crippen molar-refractivity contribution in [2.75, 3.05) is 19.7 Å². The van der Waals surface area contributed by atoms with E-state index in [1.165, 1.54) is 0 Å². The number of rotatable bonds is 6. The van der Waals surface area contributed by atoms with Crippen LogP contribution in [0.2, 0.25) is 0 Å². The molecule has 6 heteroatoms. The highest BCUT2D eigenvalue weighted by Crippen LogP contribution is 2.35. The first-order valence-electron chi connectivity index (χ1n) is 11.7. The van der Waals surface area contributed by atoms with Crippen molar-refractivity contribution in [3.63, 3.8) is 0 Å². The minimum absolute atomic E-state index is 0.0164. The predicted octanol–water partition coefficient (Wildman–Crippen LogP) is 3.87. The van der Waals surface area contributed by atoms with E-state index in [2.05, 4.69) is 36.7 Å². The molecule has 0 saturated carbocycles. The minimum Gasteiger partial charge on any atom is -0.483 e. The summed E-state index contributed by atoms with van der Waals surface area (Å²) in [6.07, 6.45) is 4.27. The number of amides is 1. The Morgan fingerprint density at radius 2 is 1.94 bits per heavy atom. The number of likely N-dealkylation sites (tertiary alicyclic amines) is 1. The van der Waals surface area contributed by atoms with Crippen LogP contribution in [0.5, 0.6) is 5.75 Å². The van der Waals surface area contributed by atoms with E-state index in [0.717, 1.165) is 41.7 Å². The van der Waals surface area contributed by atoms with Gasteiger partial charge in [0.15, 0.2) is 6.61 Å². The molecular formula is C26H31N3O3. The van der Waals surface area contributed by atoms with Gasteiger partial charge >= 0.3 is 0 Å². The van der Waals surface area contributed by atoms with Crippen molar-refractivity contribution in [3.05, 3.63) is 64.7 Å². The van der Waals surface area contributed by atoms with E-state index in [0.29, 0.717) is 31.5 Å². The average Bonchev–Trinajstić information content (AvgIpc) is 3.20. The second-order valence-corrected chi connectivity index (χ2v) is 9.67. The van der Waals surface area contributed by atoms with Gasteiger partial charge in [-0.15, -0.1) is 0 Å². The number of nitrogens with zero attached hydrogens (tertiary/aromatic N) is 3.